The zero-order valence-electron chi connectivity index (χ0n) is 13.9. The maximum atomic E-state index is 12.9. The fourth-order valence-electron chi connectivity index (χ4n) is 2.45. The monoisotopic (exact) mass is 322 g/mol. The summed E-state index contributed by atoms with van der Waals surface area (Å²) in [6, 6.07) is 6.63. The largest absolute Gasteiger partial charge is 0.379 e. The van der Waals surface area contributed by atoms with Crippen LogP contribution in [0.15, 0.2) is 29.3 Å². The molecule has 1 heterocycles. The van der Waals surface area contributed by atoms with Gasteiger partial charge in [0.1, 0.15) is 5.82 Å². The van der Waals surface area contributed by atoms with Gasteiger partial charge in [-0.1, -0.05) is 12.1 Å². The van der Waals surface area contributed by atoms with E-state index in [1.165, 1.54) is 12.1 Å². The first-order valence-corrected chi connectivity index (χ1v) is 8.34. The van der Waals surface area contributed by atoms with E-state index >= 15 is 0 Å². The van der Waals surface area contributed by atoms with E-state index in [4.69, 9.17) is 4.74 Å². The van der Waals surface area contributed by atoms with E-state index in [0.29, 0.717) is 0 Å². The third-order valence-corrected chi connectivity index (χ3v) is 3.75. The van der Waals surface area contributed by atoms with Crippen molar-refractivity contribution >= 4 is 5.96 Å². The van der Waals surface area contributed by atoms with Gasteiger partial charge < -0.3 is 15.4 Å². The second-order valence-corrected chi connectivity index (χ2v) is 5.52. The van der Waals surface area contributed by atoms with Crippen LogP contribution in [0.25, 0.3) is 0 Å². The Morgan fingerprint density at radius 2 is 1.96 bits per heavy atom. The van der Waals surface area contributed by atoms with E-state index in [2.05, 4.69) is 27.4 Å². The molecule has 5 nitrogen and oxygen atoms in total. The SMILES string of the molecule is CCNC(=NCCN1CCOCC1)NCCc1ccc(F)cc1. The van der Waals surface area contributed by atoms with Crippen molar-refractivity contribution in [2.45, 2.75) is 13.3 Å². The zero-order chi connectivity index (χ0) is 16.3. The van der Waals surface area contributed by atoms with Crippen LogP contribution in [0.2, 0.25) is 0 Å². The fraction of sp³-hybridized carbons (Fsp3) is 0.588. The van der Waals surface area contributed by atoms with Crippen LogP contribution >= 0.6 is 0 Å². The van der Waals surface area contributed by atoms with Crippen molar-refractivity contribution in [1.82, 2.24) is 15.5 Å². The van der Waals surface area contributed by atoms with Gasteiger partial charge in [-0.3, -0.25) is 9.89 Å². The Hall–Kier alpha value is -1.66. The molecule has 1 aliphatic rings. The molecule has 2 N–H and O–H groups in total. The molecule has 0 aromatic heterocycles. The highest BCUT2D eigenvalue weighted by Gasteiger charge is 2.09. The van der Waals surface area contributed by atoms with E-state index < -0.39 is 0 Å². The first kappa shape index (κ1) is 17.7. The normalized spacial score (nSPS) is 16.3. The Bertz CT molecular complexity index is 472. The Morgan fingerprint density at radius 3 is 2.65 bits per heavy atom. The summed E-state index contributed by atoms with van der Waals surface area (Å²) < 4.78 is 18.2. The minimum absolute atomic E-state index is 0.195. The molecule has 0 bridgehead atoms. The van der Waals surface area contributed by atoms with E-state index in [-0.39, 0.29) is 5.82 Å². The molecule has 1 aromatic carbocycles. The van der Waals surface area contributed by atoms with Crippen molar-refractivity contribution < 1.29 is 9.13 Å². The molecule has 0 spiro atoms. The molecule has 1 fully saturated rings. The summed E-state index contributed by atoms with van der Waals surface area (Å²) >= 11 is 0. The number of nitrogens with one attached hydrogen (secondary N) is 2. The van der Waals surface area contributed by atoms with Crippen molar-refractivity contribution in [3.63, 3.8) is 0 Å². The lowest BCUT2D eigenvalue weighted by Gasteiger charge is -2.25. The van der Waals surface area contributed by atoms with Gasteiger partial charge in [-0.15, -0.1) is 0 Å². The first-order valence-electron chi connectivity index (χ1n) is 8.34. The maximum Gasteiger partial charge on any atom is 0.191 e. The van der Waals surface area contributed by atoms with Gasteiger partial charge in [-0.05, 0) is 31.0 Å². The summed E-state index contributed by atoms with van der Waals surface area (Å²) in [5.41, 5.74) is 1.11. The molecule has 2 rings (SSSR count). The topological polar surface area (TPSA) is 48.9 Å². The Kier molecular flexibility index (Phi) is 7.83. The average molecular weight is 322 g/mol. The predicted molar refractivity (Wildman–Crippen MR) is 91.3 cm³/mol. The number of aliphatic imine (C=N–C) groups is 1. The quantitative estimate of drug-likeness (QED) is 0.586. The van der Waals surface area contributed by atoms with Crippen molar-refractivity contribution in [2.75, 3.05) is 52.5 Å². The molecular formula is C17H27FN4O. The molecule has 0 unspecified atom stereocenters. The summed E-state index contributed by atoms with van der Waals surface area (Å²) in [5, 5.41) is 6.57. The number of hydrogen-bond acceptors (Lipinski definition) is 3. The third kappa shape index (κ3) is 6.97. The zero-order valence-corrected chi connectivity index (χ0v) is 13.9. The Morgan fingerprint density at radius 1 is 1.22 bits per heavy atom. The van der Waals surface area contributed by atoms with Gasteiger partial charge in [-0.2, -0.15) is 0 Å². The number of hydrogen-bond donors (Lipinski definition) is 2. The molecule has 0 saturated carbocycles. The van der Waals surface area contributed by atoms with Crippen LogP contribution < -0.4 is 10.6 Å². The smallest absolute Gasteiger partial charge is 0.191 e. The van der Waals surface area contributed by atoms with Crippen molar-refractivity contribution in [2.24, 2.45) is 4.99 Å². The fourth-order valence-corrected chi connectivity index (χ4v) is 2.45. The molecule has 0 radical (unpaired) electrons. The van der Waals surface area contributed by atoms with Crippen molar-refractivity contribution in [3.8, 4) is 0 Å². The van der Waals surface area contributed by atoms with E-state index in [0.717, 1.165) is 70.4 Å². The van der Waals surface area contributed by atoms with Crippen molar-refractivity contribution in [3.05, 3.63) is 35.6 Å². The van der Waals surface area contributed by atoms with Crippen LogP contribution in [0.3, 0.4) is 0 Å². The van der Waals surface area contributed by atoms with Gasteiger partial charge in [-0.25, -0.2) is 4.39 Å². The van der Waals surface area contributed by atoms with Gasteiger partial charge in [0.25, 0.3) is 0 Å². The van der Waals surface area contributed by atoms with Gasteiger partial charge in [0, 0.05) is 32.7 Å². The number of benzene rings is 1. The molecule has 1 saturated heterocycles. The number of ether oxygens (including phenoxy) is 1. The van der Waals surface area contributed by atoms with Crippen LogP contribution in [-0.2, 0) is 11.2 Å². The molecule has 23 heavy (non-hydrogen) atoms. The standard InChI is InChI=1S/C17H27FN4O/c1-2-19-17(21-9-10-22-11-13-23-14-12-22)20-8-7-15-3-5-16(18)6-4-15/h3-6H,2,7-14H2,1H3,(H2,19,20,21). The van der Waals surface area contributed by atoms with E-state index in [1.807, 2.05) is 12.1 Å². The van der Waals surface area contributed by atoms with Crippen LogP contribution in [0.5, 0.6) is 0 Å². The lowest BCUT2D eigenvalue weighted by atomic mass is 10.1. The minimum atomic E-state index is -0.195. The molecular weight excluding hydrogens is 295 g/mol. The van der Waals surface area contributed by atoms with E-state index in [9.17, 15) is 4.39 Å². The molecule has 0 amide bonds. The predicted octanol–water partition coefficient (Wildman–Crippen LogP) is 1.26. The number of guanidine groups is 1. The molecule has 128 valence electrons. The Balaban J connectivity index is 1.71. The summed E-state index contributed by atoms with van der Waals surface area (Å²) in [7, 11) is 0. The van der Waals surface area contributed by atoms with Crippen LogP contribution in [0, 0.1) is 5.82 Å². The third-order valence-electron chi connectivity index (χ3n) is 3.75. The van der Waals surface area contributed by atoms with Crippen LogP contribution in [0.1, 0.15) is 12.5 Å². The summed E-state index contributed by atoms with van der Waals surface area (Å²) in [6.45, 7) is 9.01. The maximum absolute atomic E-state index is 12.9. The van der Waals surface area contributed by atoms with Crippen molar-refractivity contribution in [1.29, 1.82) is 0 Å². The average Bonchev–Trinajstić information content (AvgIpc) is 2.58. The highest BCUT2D eigenvalue weighted by atomic mass is 19.1. The molecule has 0 aliphatic carbocycles. The summed E-state index contributed by atoms with van der Waals surface area (Å²) in [4.78, 5) is 6.97. The number of nitrogens with zero attached hydrogens (tertiary/aromatic N) is 2. The van der Waals surface area contributed by atoms with Gasteiger partial charge in [0.15, 0.2) is 5.96 Å². The number of halogens is 1. The van der Waals surface area contributed by atoms with Gasteiger partial charge in [0.2, 0.25) is 0 Å². The summed E-state index contributed by atoms with van der Waals surface area (Å²) in [5.74, 6) is 0.641. The molecule has 1 aliphatic heterocycles. The van der Waals surface area contributed by atoms with Crippen LogP contribution in [0.4, 0.5) is 4.39 Å². The molecule has 0 atom stereocenters. The first-order chi connectivity index (χ1) is 11.3. The van der Waals surface area contributed by atoms with Crippen LogP contribution in [-0.4, -0.2) is 63.3 Å². The van der Waals surface area contributed by atoms with E-state index in [1.54, 1.807) is 0 Å². The second kappa shape index (κ2) is 10.2. The highest BCUT2D eigenvalue weighted by Crippen LogP contribution is 2.02. The number of morpholine rings is 1. The number of rotatable bonds is 7. The highest BCUT2D eigenvalue weighted by molar-refractivity contribution is 5.79. The second-order valence-electron chi connectivity index (χ2n) is 5.52. The molecule has 1 aromatic rings. The lowest BCUT2D eigenvalue weighted by molar-refractivity contribution is 0.0394. The van der Waals surface area contributed by atoms with Gasteiger partial charge >= 0.3 is 0 Å². The minimum Gasteiger partial charge on any atom is -0.379 e. The lowest BCUT2D eigenvalue weighted by Crippen LogP contribution is -2.40. The Labute approximate surface area is 137 Å². The summed E-state index contributed by atoms with van der Waals surface area (Å²) in [6.07, 6.45) is 0.841. The van der Waals surface area contributed by atoms with Gasteiger partial charge in [0.05, 0.1) is 19.8 Å². The molecule has 6 heteroatoms.